The third-order valence-electron chi connectivity index (χ3n) is 8.96. The number of aliphatic hydroxyl groups excluding tert-OH is 2. The second-order valence-electron chi connectivity index (χ2n) is 11.5. The van der Waals surface area contributed by atoms with Crippen LogP contribution in [0.15, 0.2) is 35.2 Å². The Kier molecular flexibility index (Phi) is 8.36. The van der Waals surface area contributed by atoms with Gasteiger partial charge in [-0.05, 0) is 68.6 Å². The number of benzene rings is 2. The summed E-state index contributed by atoms with van der Waals surface area (Å²) in [5.74, 6) is -7.26. The number of hydrogen-bond acceptors (Lipinski definition) is 7. The molecule has 0 spiro atoms. The van der Waals surface area contributed by atoms with E-state index in [1.165, 1.54) is 12.1 Å². The Morgan fingerprint density at radius 2 is 1.60 bits per heavy atom. The number of sulfone groups is 1. The van der Waals surface area contributed by atoms with E-state index in [0.29, 0.717) is 31.4 Å². The van der Waals surface area contributed by atoms with Gasteiger partial charge in [0.05, 0.1) is 33.0 Å². The first-order valence-corrected chi connectivity index (χ1v) is 15.5. The molecule has 2 aromatic rings. The van der Waals surface area contributed by atoms with E-state index in [1.807, 2.05) is 0 Å². The lowest BCUT2D eigenvalue weighted by atomic mass is 9.53. The fraction of sp³-hybridized carbons (Fsp3) is 0.500. The highest BCUT2D eigenvalue weighted by molar-refractivity contribution is 7.92. The first-order chi connectivity index (χ1) is 19.7. The molecular formula is C28H30ClF3N2O7S. The lowest BCUT2D eigenvalue weighted by Crippen LogP contribution is -2.66. The third kappa shape index (κ3) is 5.64. The minimum absolute atomic E-state index is 0.0654. The van der Waals surface area contributed by atoms with E-state index in [9.17, 15) is 46.5 Å². The molecular weight excluding hydrogens is 601 g/mol. The molecule has 0 aliphatic heterocycles. The average molecular weight is 631 g/mol. The molecule has 4 saturated carbocycles. The number of rotatable bonds is 7. The van der Waals surface area contributed by atoms with Crippen molar-refractivity contribution in [2.45, 2.75) is 66.5 Å². The average Bonchev–Trinajstić information content (AvgIpc) is 2.95. The van der Waals surface area contributed by atoms with Crippen LogP contribution in [0.5, 0.6) is 0 Å². The molecule has 9 nitrogen and oxygen atoms in total. The van der Waals surface area contributed by atoms with Crippen LogP contribution < -0.4 is 10.6 Å². The molecule has 2 amide bonds. The SMILES string of the molecule is O=C(Nc1cc(F)c(F)c(F)c1)c1ccc(Cl)c(S(=O)(=O)[C@H]2CC3CC(C2)[C@]3(O)CNC(=O)C2CCC(O)C(O)C2)c1. The van der Waals surface area contributed by atoms with Crippen LogP contribution in [0.2, 0.25) is 5.02 Å². The van der Waals surface area contributed by atoms with Gasteiger partial charge in [-0.3, -0.25) is 9.59 Å². The number of aliphatic hydroxyl groups is 3. The maximum absolute atomic E-state index is 13.6. The highest BCUT2D eigenvalue weighted by Crippen LogP contribution is 2.55. The van der Waals surface area contributed by atoms with Gasteiger partial charge in [0.25, 0.3) is 5.91 Å². The van der Waals surface area contributed by atoms with Crippen LogP contribution in [0, 0.1) is 35.2 Å². The largest absolute Gasteiger partial charge is 0.390 e. The normalized spacial score (nSPS) is 30.7. The molecule has 5 unspecified atom stereocenters. The summed E-state index contributed by atoms with van der Waals surface area (Å²) in [6.07, 6.45) is -0.260. The zero-order valence-electron chi connectivity index (χ0n) is 22.2. The molecule has 2 bridgehead atoms. The van der Waals surface area contributed by atoms with E-state index < -0.39 is 74.0 Å². The minimum atomic E-state index is -4.08. The molecule has 5 atom stereocenters. The van der Waals surface area contributed by atoms with Gasteiger partial charge in [-0.25, -0.2) is 21.6 Å². The maximum atomic E-state index is 13.6. The molecule has 5 N–H and O–H groups in total. The van der Waals surface area contributed by atoms with Crippen molar-refractivity contribution in [2.75, 3.05) is 11.9 Å². The van der Waals surface area contributed by atoms with Gasteiger partial charge in [-0.2, -0.15) is 0 Å². The minimum Gasteiger partial charge on any atom is -0.390 e. The van der Waals surface area contributed by atoms with Crippen LogP contribution in [0.25, 0.3) is 0 Å². The molecule has 0 radical (unpaired) electrons. The Hall–Kier alpha value is -2.71. The number of nitrogens with one attached hydrogen (secondary N) is 2. The van der Waals surface area contributed by atoms with Crippen molar-refractivity contribution < 1.29 is 46.5 Å². The number of fused-ring (bicyclic) bond motifs is 2. The van der Waals surface area contributed by atoms with Gasteiger partial charge < -0.3 is 26.0 Å². The maximum Gasteiger partial charge on any atom is 0.255 e. The highest BCUT2D eigenvalue weighted by atomic mass is 35.5. The van der Waals surface area contributed by atoms with Gasteiger partial charge in [0.15, 0.2) is 27.3 Å². The predicted molar refractivity (Wildman–Crippen MR) is 145 cm³/mol. The van der Waals surface area contributed by atoms with Crippen molar-refractivity contribution in [3.63, 3.8) is 0 Å². The van der Waals surface area contributed by atoms with Crippen molar-refractivity contribution in [3.05, 3.63) is 58.4 Å². The smallest absolute Gasteiger partial charge is 0.255 e. The van der Waals surface area contributed by atoms with Crippen LogP contribution >= 0.6 is 11.6 Å². The van der Waals surface area contributed by atoms with E-state index in [1.54, 1.807) is 0 Å². The van der Waals surface area contributed by atoms with Gasteiger partial charge in [-0.1, -0.05) is 11.6 Å². The Labute approximate surface area is 245 Å². The molecule has 228 valence electrons. The van der Waals surface area contributed by atoms with E-state index in [2.05, 4.69) is 10.6 Å². The second kappa shape index (κ2) is 11.4. The Morgan fingerprint density at radius 1 is 0.952 bits per heavy atom. The molecule has 0 heterocycles. The number of carbonyl (C=O) groups excluding carboxylic acids is 2. The summed E-state index contributed by atoms with van der Waals surface area (Å²) in [6.45, 7) is -0.0654. The molecule has 4 aliphatic rings. The first kappa shape index (κ1) is 30.7. The summed E-state index contributed by atoms with van der Waals surface area (Å²) in [7, 11) is -4.08. The highest BCUT2D eigenvalue weighted by Gasteiger charge is 2.60. The van der Waals surface area contributed by atoms with Crippen LogP contribution in [0.3, 0.4) is 0 Å². The summed E-state index contributed by atoms with van der Waals surface area (Å²) in [5, 5.41) is 34.7. The van der Waals surface area contributed by atoms with Crippen molar-refractivity contribution >= 4 is 38.9 Å². The molecule has 42 heavy (non-hydrogen) atoms. The summed E-state index contributed by atoms with van der Waals surface area (Å²) >= 11 is 6.22. The summed E-state index contributed by atoms with van der Waals surface area (Å²) in [6, 6.07) is 4.69. The van der Waals surface area contributed by atoms with Crippen LogP contribution in [-0.2, 0) is 14.6 Å². The summed E-state index contributed by atoms with van der Waals surface area (Å²) in [4.78, 5) is 25.1. The topological polar surface area (TPSA) is 153 Å². The number of halogens is 4. The number of hydrogen-bond donors (Lipinski definition) is 5. The van der Waals surface area contributed by atoms with Crippen molar-refractivity contribution in [1.82, 2.24) is 5.32 Å². The van der Waals surface area contributed by atoms with Crippen molar-refractivity contribution in [2.24, 2.45) is 17.8 Å². The van der Waals surface area contributed by atoms with Gasteiger partial charge >= 0.3 is 0 Å². The second-order valence-corrected chi connectivity index (χ2v) is 14.1. The number of carbonyl (C=O) groups is 2. The predicted octanol–water partition coefficient (Wildman–Crippen LogP) is 2.95. The van der Waals surface area contributed by atoms with Crippen LogP contribution in [0.4, 0.5) is 18.9 Å². The quantitative estimate of drug-likeness (QED) is 0.295. The van der Waals surface area contributed by atoms with Crippen molar-refractivity contribution in [3.8, 4) is 0 Å². The summed E-state index contributed by atoms with van der Waals surface area (Å²) < 4.78 is 67.6. The van der Waals surface area contributed by atoms with Gasteiger partial charge in [-0.15, -0.1) is 0 Å². The molecule has 0 saturated heterocycles. The fourth-order valence-electron chi connectivity index (χ4n) is 6.41. The van der Waals surface area contributed by atoms with E-state index >= 15 is 0 Å². The zero-order chi connectivity index (χ0) is 30.6. The Morgan fingerprint density at radius 3 is 2.21 bits per heavy atom. The first-order valence-electron chi connectivity index (χ1n) is 13.6. The Bertz CT molecular complexity index is 1490. The monoisotopic (exact) mass is 630 g/mol. The van der Waals surface area contributed by atoms with Gasteiger partial charge in [0.2, 0.25) is 5.91 Å². The van der Waals surface area contributed by atoms with Crippen LogP contribution in [0.1, 0.15) is 48.9 Å². The lowest BCUT2D eigenvalue weighted by molar-refractivity contribution is -0.175. The third-order valence-corrected chi connectivity index (χ3v) is 11.6. The van der Waals surface area contributed by atoms with Crippen LogP contribution in [-0.4, -0.2) is 65.2 Å². The molecule has 14 heteroatoms. The van der Waals surface area contributed by atoms with E-state index in [-0.39, 0.29) is 52.9 Å². The zero-order valence-corrected chi connectivity index (χ0v) is 23.8. The molecule has 0 aromatic heterocycles. The van der Waals surface area contributed by atoms with Gasteiger partial charge in [0.1, 0.15) is 0 Å². The van der Waals surface area contributed by atoms with Crippen molar-refractivity contribution in [1.29, 1.82) is 0 Å². The van der Waals surface area contributed by atoms with E-state index in [4.69, 9.17) is 11.6 Å². The standard InChI is InChI=1S/C28H30ClF3N2O7S/c29-19-3-1-14(27(38)34-17-10-20(30)25(32)21(31)11-17)6-24(19)42(40,41)18-8-15-7-16(9-18)28(15,39)12-33-26(37)13-2-4-22(35)23(36)5-13/h1,3,6,10-11,13,15-16,18,22-23,35-36,39H,2,4-5,7-9,12H2,(H,33,37)(H,34,38)/t13?,15?,16?,18-,22?,23?,28-. The molecule has 4 fully saturated rings. The molecule has 4 aliphatic carbocycles. The molecule has 6 rings (SSSR count). The number of amides is 2. The van der Waals surface area contributed by atoms with E-state index in [0.717, 1.165) is 6.07 Å². The molecule has 2 aromatic carbocycles. The van der Waals surface area contributed by atoms with Gasteiger partial charge in [0, 0.05) is 35.8 Å². The summed E-state index contributed by atoms with van der Waals surface area (Å²) in [5.41, 5.74) is -1.82. The Balaban J connectivity index is 1.25. The lowest BCUT2D eigenvalue weighted by Gasteiger charge is -2.58. The fourth-order valence-corrected chi connectivity index (χ4v) is 8.81. The number of anilines is 1.